The van der Waals surface area contributed by atoms with E-state index in [1.165, 1.54) is 5.69 Å². The summed E-state index contributed by atoms with van der Waals surface area (Å²) < 4.78 is 5.70. The first-order chi connectivity index (χ1) is 8.12. The maximum Gasteiger partial charge on any atom is 0.142 e. The number of nitrogens with zero attached hydrogens (tertiary/aromatic N) is 1. The van der Waals surface area contributed by atoms with Crippen molar-refractivity contribution in [3.8, 4) is 5.75 Å². The van der Waals surface area contributed by atoms with Gasteiger partial charge in [-0.3, -0.25) is 0 Å². The molecule has 0 amide bonds. The number of benzene rings is 1. The maximum atomic E-state index is 5.70. The van der Waals surface area contributed by atoms with Gasteiger partial charge in [-0.25, -0.2) is 0 Å². The quantitative estimate of drug-likeness (QED) is 0.868. The van der Waals surface area contributed by atoms with Crippen molar-refractivity contribution in [1.29, 1.82) is 0 Å². The van der Waals surface area contributed by atoms with Crippen LogP contribution in [0.2, 0.25) is 0 Å². The Kier molecular flexibility index (Phi) is 3.57. The van der Waals surface area contributed by atoms with Crippen molar-refractivity contribution >= 4 is 5.69 Å². The number of piperazine rings is 1. The number of rotatable bonds is 3. The molecule has 0 atom stereocenters. The van der Waals surface area contributed by atoms with Gasteiger partial charge in [0.05, 0.1) is 12.3 Å². The second-order valence-corrected chi connectivity index (χ2v) is 5.13. The fourth-order valence-corrected chi connectivity index (χ4v) is 2.34. The lowest BCUT2D eigenvalue weighted by Gasteiger charge is -2.40. The Labute approximate surface area is 104 Å². The minimum atomic E-state index is 0.164. The molecule has 1 heterocycles. The minimum absolute atomic E-state index is 0.164. The Morgan fingerprint density at radius 1 is 1.35 bits per heavy atom. The van der Waals surface area contributed by atoms with Crippen LogP contribution in [-0.4, -0.2) is 31.8 Å². The monoisotopic (exact) mass is 234 g/mol. The van der Waals surface area contributed by atoms with E-state index in [2.05, 4.69) is 36.2 Å². The smallest absolute Gasteiger partial charge is 0.142 e. The van der Waals surface area contributed by atoms with Crippen molar-refractivity contribution in [2.24, 2.45) is 0 Å². The van der Waals surface area contributed by atoms with E-state index >= 15 is 0 Å². The van der Waals surface area contributed by atoms with E-state index in [0.717, 1.165) is 25.4 Å². The van der Waals surface area contributed by atoms with Gasteiger partial charge in [-0.05, 0) is 32.9 Å². The van der Waals surface area contributed by atoms with Gasteiger partial charge >= 0.3 is 0 Å². The molecule has 0 bridgehead atoms. The zero-order valence-corrected chi connectivity index (χ0v) is 11.0. The number of ether oxygens (including phenoxy) is 1. The summed E-state index contributed by atoms with van der Waals surface area (Å²) in [7, 11) is 0. The lowest BCUT2D eigenvalue weighted by atomic mass is 10.0. The number of anilines is 1. The Morgan fingerprint density at radius 2 is 2.12 bits per heavy atom. The highest BCUT2D eigenvalue weighted by atomic mass is 16.5. The van der Waals surface area contributed by atoms with Crippen LogP contribution in [0, 0.1) is 0 Å². The third-order valence-electron chi connectivity index (χ3n) is 3.08. The number of hydrogen-bond acceptors (Lipinski definition) is 3. The van der Waals surface area contributed by atoms with Crippen LogP contribution in [0.4, 0.5) is 5.69 Å². The van der Waals surface area contributed by atoms with E-state index in [1.54, 1.807) is 0 Å². The summed E-state index contributed by atoms with van der Waals surface area (Å²) in [6.45, 7) is 10.3. The molecule has 0 unspecified atom stereocenters. The van der Waals surface area contributed by atoms with Crippen LogP contribution >= 0.6 is 0 Å². The molecule has 94 valence electrons. The van der Waals surface area contributed by atoms with E-state index in [1.807, 2.05) is 19.1 Å². The highest BCUT2D eigenvalue weighted by Crippen LogP contribution is 2.29. The molecule has 1 aliphatic rings. The SMILES string of the molecule is CCOc1ccccc1N1CCNC(C)(C)C1. The van der Waals surface area contributed by atoms with E-state index < -0.39 is 0 Å². The molecule has 0 spiro atoms. The molecule has 0 radical (unpaired) electrons. The highest BCUT2D eigenvalue weighted by Gasteiger charge is 2.26. The Bertz CT molecular complexity index is 376. The molecule has 0 aliphatic carbocycles. The third kappa shape index (κ3) is 2.91. The summed E-state index contributed by atoms with van der Waals surface area (Å²) in [4.78, 5) is 2.40. The summed E-state index contributed by atoms with van der Waals surface area (Å²) in [5.41, 5.74) is 1.38. The van der Waals surface area contributed by atoms with Crippen LogP contribution < -0.4 is 15.0 Å². The summed E-state index contributed by atoms with van der Waals surface area (Å²) in [5, 5.41) is 3.53. The zero-order valence-electron chi connectivity index (χ0n) is 11.0. The van der Waals surface area contributed by atoms with E-state index in [9.17, 15) is 0 Å². The third-order valence-corrected chi connectivity index (χ3v) is 3.08. The molecule has 1 N–H and O–H groups in total. The van der Waals surface area contributed by atoms with Crippen LogP contribution in [-0.2, 0) is 0 Å². The van der Waals surface area contributed by atoms with Gasteiger partial charge in [0, 0.05) is 25.2 Å². The van der Waals surface area contributed by atoms with Crippen LogP contribution in [0.15, 0.2) is 24.3 Å². The molecule has 1 aliphatic heterocycles. The molecule has 2 rings (SSSR count). The van der Waals surface area contributed by atoms with Gasteiger partial charge in [-0.15, -0.1) is 0 Å². The molecule has 0 aromatic heterocycles. The maximum absolute atomic E-state index is 5.70. The molecule has 1 saturated heterocycles. The normalized spacial score (nSPS) is 19.1. The van der Waals surface area contributed by atoms with Gasteiger partial charge in [0.25, 0.3) is 0 Å². The first-order valence-electron chi connectivity index (χ1n) is 6.34. The second-order valence-electron chi connectivity index (χ2n) is 5.13. The fourth-order valence-electron chi connectivity index (χ4n) is 2.34. The number of hydrogen-bond donors (Lipinski definition) is 1. The number of para-hydroxylation sites is 2. The average molecular weight is 234 g/mol. The topological polar surface area (TPSA) is 24.5 Å². The average Bonchev–Trinajstić information content (AvgIpc) is 2.29. The minimum Gasteiger partial charge on any atom is -0.492 e. The van der Waals surface area contributed by atoms with Crippen LogP contribution in [0.25, 0.3) is 0 Å². The molecular formula is C14H22N2O. The lowest BCUT2D eigenvalue weighted by molar-refractivity contribution is 0.330. The van der Waals surface area contributed by atoms with Crippen LogP contribution in [0.5, 0.6) is 5.75 Å². The van der Waals surface area contributed by atoms with Gasteiger partial charge in [0.15, 0.2) is 0 Å². The van der Waals surface area contributed by atoms with Crippen molar-refractivity contribution < 1.29 is 4.74 Å². The van der Waals surface area contributed by atoms with Crippen molar-refractivity contribution in [2.45, 2.75) is 26.3 Å². The van der Waals surface area contributed by atoms with Crippen molar-refractivity contribution in [1.82, 2.24) is 5.32 Å². The first kappa shape index (κ1) is 12.2. The van der Waals surface area contributed by atoms with Gasteiger partial charge in [0.2, 0.25) is 0 Å². The molecule has 3 heteroatoms. The molecule has 1 aromatic rings. The van der Waals surface area contributed by atoms with Crippen molar-refractivity contribution in [3.05, 3.63) is 24.3 Å². The molecule has 1 aromatic carbocycles. The molecular weight excluding hydrogens is 212 g/mol. The molecule has 0 saturated carbocycles. The van der Waals surface area contributed by atoms with Gasteiger partial charge in [-0.2, -0.15) is 0 Å². The second kappa shape index (κ2) is 4.96. The molecule has 1 fully saturated rings. The Morgan fingerprint density at radius 3 is 2.82 bits per heavy atom. The zero-order chi connectivity index (χ0) is 12.3. The highest BCUT2D eigenvalue weighted by molar-refractivity contribution is 5.59. The first-order valence-corrected chi connectivity index (χ1v) is 6.34. The standard InChI is InChI=1S/C14H22N2O/c1-4-17-13-8-6-5-7-12(13)16-10-9-15-14(2,3)11-16/h5-8,15H,4,9-11H2,1-3H3. The summed E-state index contributed by atoms with van der Waals surface area (Å²) >= 11 is 0. The largest absolute Gasteiger partial charge is 0.492 e. The number of nitrogens with one attached hydrogen (secondary N) is 1. The van der Waals surface area contributed by atoms with Crippen LogP contribution in [0.3, 0.4) is 0 Å². The predicted octanol–water partition coefficient (Wildman–Crippen LogP) is 2.27. The summed E-state index contributed by atoms with van der Waals surface area (Å²) in [5.74, 6) is 0.993. The fraction of sp³-hybridized carbons (Fsp3) is 0.571. The summed E-state index contributed by atoms with van der Waals surface area (Å²) in [6.07, 6.45) is 0. The van der Waals surface area contributed by atoms with Crippen molar-refractivity contribution in [2.75, 3.05) is 31.1 Å². The Hall–Kier alpha value is -1.22. The van der Waals surface area contributed by atoms with E-state index in [-0.39, 0.29) is 5.54 Å². The van der Waals surface area contributed by atoms with Gasteiger partial charge < -0.3 is 15.0 Å². The predicted molar refractivity (Wildman–Crippen MR) is 71.9 cm³/mol. The van der Waals surface area contributed by atoms with Gasteiger partial charge in [0.1, 0.15) is 5.75 Å². The van der Waals surface area contributed by atoms with Gasteiger partial charge in [-0.1, -0.05) is 12.1 Å². The van der Waals surface area contributed by atoms with Crippen LogP contribution in [0.1, 0.15) is 20.8 Å². The Balaban J connectivity index is 2.21. The lowest BCUT2D eigenvalue weighted by Crippen LogP contribution is -2.57. The van der Waals surface area contributed by atoms with E-state index in [0.29, 0.717) is 6.61 Å². The van der Waals surface area contributed by atoms with Crippen molar-refractivity contribution in [3.63, 3.8) is 0 Å². The molecule has 17 heavy (non-hydrogen) atoms. The summed E-state index contributed by atoms with van der Waals surface area (Å²) in [6, 6.07) is 8.30. The molecule has 3 nitrogen and oxygen atoms in total. The van der Waals surface area contributed by atoms with E-state index in [4.69, 9.17) is 4.74 Å².